The monoisotopic (exact) mass is 297 g/mol. The third-order valence-corrected chi connectivity index (χ3v) is 4.07. The molecule has 0 radical (unpaired) electrons. The lowest BCUT2D eigenvalue weighted by Crippen LogP contribution is -1.90. The molecule has 0 aliphatic rings. The highest BCUT2D eigenvalue weighted by molar-refractivity contribution is 7.99. The van der Waals surface area contributed by atoms with E-state index >= 15 is 0 Å². The summed E-state index contributed by atoms with van der Waals surface area (Å²) in [7, 11) is 1.67. The van der Waals surface area contributed by atoms with Crippen molar-refractivity contribution in [3.63, 3.8) is 0 Å². The average Bonchev–Trinajstić information content (AvgIpc) is 2.96. The second kappa shape index (κ2) is 6.01. The van der Waals surface area contributed by atoms with Crippen LogP contribution >= 0.6 is 11.8 Å². The Morgan fingerprint density at radius 2 is 2.29 bits per heavy atom. The highest BCUT2D eigenvalue weighted by atomic mass is 32.2. The zero-order valence-electron chi connectivity index (χ0n) is 11.7. The number of rotatable bonds is 5. The maximum atomic E-state index is 5.50. The number of hydrogen-bond donors (Lipinski definition) is 1. The Bertz CT molecular complexity index is 749. The van der Waals surface area contributed by atoms with Crippen molar-refractivity contribution in [2.75, 3.05) is 12.9 Å². The molecule has 21 heavy (non-hydrogen) atoms. The Balaban J connectivity index is 2.02. The number of H-pyrrole nitrogens is 1. The van der Waals surface area contributed by atoms with Crippen LogP contribution in [0, 0.1) is 0 Å². The number of benzene rings is 1. The molecule has 0 amide bonds. The molecule has 0 saturated carbocycles. The minimum atomic E-state index is 0.787. The zero-order chi connectivity index (χ0) is 14.7. The summed E-state index contributed by atoms with van der Waals surface area (Å²) in [5.74, 6) is 2.46. The molecule has 4 nitrogen and oxygen atoms in total. The van der Waals surface area contributed by atoms with Crippen molar-refractivity contribution in [3.05, 3.63) is 49.3 Å². The van der Waals surface area contributed by atoms with Crippen molar-refractivity contribution in [3.8, 4) is 17.1 Å². The number of nitrogens with one attached hydrogen (secondary N) is 1. The van der Waals surface area contributed by atoms with E-state index in [0.717, 1.165) is 38.8 Å². The number of hydrogen-bond acceptors (Lipinski definition) is 4. The topological polar surface area (TPSA) is 50.8 Å². The molecule has 0 spiro atoms. The van der Waals surface area contributed by atoms with Crippen LogP contribution in [0.15, 0.2) is 54.2 Å². The van der Waals surface area contributed by atoms with E-state index in [1.54, 1.807) is 31.3 Å². The summed E-state index contributed by atoms with van der Waals surface area (Å²) in [6.07, 6.45) is 5.38. The van der Waals surface area contributed by atoms with Crippen molar-refractivity contribution in [2.45, 2.75) is 4.90 Å². The number of pyridine rings is 1. The summed E-state index contributed by atoms with van der Waals surface area (Å²) in [4.78, 5) is 13.1. The van der Waals surface area contributed by atoms with Crippen molar-refractivity contribution in [2.24, 2.45) is 0 Å². The minimum Gasteiger partial charge on any atom is -0.496 e. The molecule has 3 rings (SSSR count). The van der Waals surface area contributed by atoms with Crippen molar-refractivity contribution in [1.29, 1.82) is 0 Å². The molecule has 0 unspecified atom stereocenters. The van der Waals surface area contributed by atoms with E-state index in [0.29, 0.717) is 0 Å². The maximum Gasteiger partial charge on any atom is 0.142 e. The fourth-order valence-electron chi connectivity index (χ4n) is 2.10. The van der Waals surface area contributed by atoms with E-state index in [4.69, 9.17) is 4.74 Å². The van der Waals surface area contributed by atoms with Crippen LogP contribution in [0.3, 0.4) is 0 Å². The number of ether oxygens (including phenoxy) is 1. The lowest BCUT2D eigenvalue weighted by Gasteiger charge is -2.08. The first-order valence-electron chi connectivity index (χ1n) is 6.53. The lowest BCUT2D eigenvalue weighted by molar-refractivity contribution is 0.415. The molecule has 0 aliphatic carbocycles. The molecule has 5 heteroatoms. The Morgan fingerprint density at radius 1 is 1.38 bits per heavy atom. The van der Waals surface area contributed by atoms with E-state index in [9.17, 15) is 0 Å². The maximum absolute atomic E-state index is 5.50. The van der Waals surface area contributed by atoms with Gasteiger partial charge in [-0.1, -0.05) is 6.08 Å². The Morgan fingerprint density at radius 3 is 3.05 bits per heavy atom. The van der Waals surface area contributed by atoms with E-state index in [1.165, 1.54) is 0 Å². The lowest BCUT2D eigenvalue weighted by atomic mass is 10.2. The van der Waals surface area contributed by atoms with Crippen LogP contribution in [0.5, 0.6) is 5.75 Å². The Kier molecular flexibility index (Phi) is 3.92. The predicted molar refractivity (Wildman–Crippen MR) is 86.8 cm³/mol. The average molecular weight is 297 g/mol. The normalized spacial score (nSPS) is 10.7. The van der Waals surface area contributed by atoms with Crippen molar-refractivity contribution in [1.82, 2.24) is 15.0 Å². The number of thioether (sulfide) groups is 1. The number of aromatic nitrogens is 3. The molecule has 3 aromatic rings. The SMILES string of the molecule is C=CCSc1ccc(-c2nc3cnccc3[nH]2)c(OC)c1. The molecule has 106 valence electrons. The molecular formula is C16H15N3OS. The second-order valence-electron chi connectivity index (χ2n) is 4.44. The molecule has 0 atom stereocenters. The van der Waals surface area contributed by atoms with Gasteiger partial charge in [0.05, 0.1) is 24.4 Å². The summed E-state index contributed by atoms with van der Waals surface area (Å²) in [5, 5.41) is 0. The minimum absolute atomic E-state index is 0.787. The fourth-order valence-corrected chi connectivity index (χ4v) is 2.76. The van der Waals surface area contributed by atoms with E-state index < -0.39 is 0 Å². The van der Waals surface area contributed by atoms with Gasteiger partial charge in [0.2, 0.25) is 0 Å². The molecule has 1 N–H and O–H groups in total. The number of imidazole rings is 1. The number of nitrogens with zero attached hydrogens (tertiary/aromatic N) is 2. The predicted octanol–water partition coefficient (Wildman–Crippen LogP) is 3.91. The molecule has 2 aromatic heterocycles. The van der Waals surface area contributed by atoms with Crippen LogP contribution in [0.4, 0.5) is 0 Å². The molecule has 0 saturated heterocycles. The molecule has 2 heterocycles. The summed E-state index contributed by atoms with van der Waals surface area (Å²) in [6, 6.07) is 8.02. The van der Waals surface area contributed by atoms with Gasteiger partial charge in [-0.2, -0.15) is 0 Å². The van der Waals surface area contributed by atoms with Gasteiger partial charge >= 0.3 is 0 Å². The first-order valence-corrected chi connectivity index (χ1v) is 7.52. The van der Waals surface area contributed by atoms with Crippen LogP contribution in [-0.2, 0) is 0 Å². The van der Waals surface area contributed by atoms with E-state index in [-0.39, 0.29) is 0 Å². The quantitative estimate of drug-likeness (QED) is 0.573. The second-order valence-corrected chi connectivity index (χ2v) is 5.53. The van der Waals surface area contributed by atoms with Gasteiger partial charge in [0.1, 0.15) is 17.1 Å². The molecule has 0 bridgehead atoms. The van der Waals surface area contributed by atoms with Crippen LogP contribution in [0.25, 0.3) is 22.4 Å². The highest BCUT2D eigenvalue weighted by Crippen LogP contribution is 2.33. The third kappa shape index (κ3) is 2.78. The summed E-state index contributed by atoms with van der Waals surface area (Å²) < 4.78 is 5.50. The van der Waals surface area contributed by atoms with Gasteiger partial charge in [0.25, 0.3) is 0 Å². The zero-order valence-corrected chi connectivity index (χ0v) is 12.5. The van der Waals surface area contributed by atoms with Crippen LogP contribution < -0.4 is 4.74 Å². The fraction of sp³-hybridized carbons (Fsp3) is 0.125. The van der Waals surface area contributed by atoms with E-state index in [1.807, 2.05) is 24.3 Å². The standard InChI is InChI=1S/C16H15N3OS/c1-3-8-21-11-4-5-12(15(9-11)20-2)16-18-13-6-7-17-10-14(13)19-16/h3-7,9-10H,1,8H2,2H3,(H,18,19). The van der Waals surface area contributed by atoms with Gasteiger partial charge in [0, 0.05) is 16.8 Å². The number of fused-ring (bicyclic) bond motifs is 1. The van der Waals surface area contributed by atoms with Crippen molar-refractivity contribution >= 4 is 22.8 Å². The molecular weight excluding hydrogens is 282 g/mol. The van der Waals surface area contributed by atoms with Crippen LogP contribution in [-0.4, -0.2) is 27.8 Å². The largest absolute Gasteiger partial charge is 0.496 e. The van der Waals surface area contributed by atoms with Gasteiger partial charge in [-0.3, -0.25) is 4.98 Å². The van der Waals surface area contributed by atoms with Gasteiger partial charge < -0.3 is 9.72 Å². The molecule has 0 aliphatic heterocycles. The summed E-state index contributed by atoms with van der Waals surface area (Å²) in [5.41, 5.74) is 2.75. The van der Waals surface area contributed by atoms with Gasteiger partial charge in [-0.15, -0.1) is 18.3 Å². The van der Waals surface area contributed by atoms with Crippen LogP contribution in [0.1, 0.15) is 0 Å². The Hall–Kier alpha value is -2.27. The highest BCUT2D eigenvalue weighted by Gasteiger charge is 2.11. The number of aromatic amines is 1. The smallest absolute Gasteiger partial charge is 0.142 e. The number of methoxy groups -OCH3 is 1. The van der Waals surface area contributed by atoms with E-state index in [2.05, 4.69) is 27.6 Å². The van der Waals surface area contributed by atoms with Crippen LogP contribution in [0.2, 0.25) is 0 Å². The summed E-state index contributed by atoms with van der Waals surface area (Å²) in [6.45, 7) is 3.73. The van der Waals surface area contributed by atoms with Gasteiger partial charge in [-0.25, -0.2) is 4.98 Å². The third-order valence-electron chi connectivity index (χ3n) is 3.08. The first kappa shape index (κ1) is 13.7. The summed E-state index contributed by atoms with van der Waals surface area (Å²) >= 11 is 1.72. The molecule has 0 fully saturated rings. The molecule has 1 aromatic carbocycles. The Labute approximate surface area is 127 Å². The van der Waals surface area contributed by atoms with Gasteiger partial charge in [0.15, 0.2) is 0 Å². The van der Waals surface area contributed by atoms with Gasteiger partial charge in [-0.05, 0) is 24.3 Å². The first-order chi connectivity index (χ1) is 10.3. The van der Waals surface area contributed by atoms with Crippen molar-refractivity contribution < 1.29 is 4.74 Å².